The van der Waals surface area contributed by atoms with Gasteiger partial charge in [0.1, 0.15) is 5.78 Å². The van der Waals surface area contributed by atoms with Crippen LogP contribution >= 0.6 is 15.9 Å². The lowest BCUT2D eigenvalue weighted by Crippen LogP contribution is -2.26. The van der Waals surface area contributed by atoms with E-state index in [2.05, 4.69) is 39.0 Å². The van der Waals surface area contributed by atoms with Crippen LogP contribution in [-0.2, 0) is 11.2 Å². The van der Waals surface area contributed by atoms with Crippen molar-refractivity contribution in [3.8, 4) is 0 Å². The molecule has 1 heterocycles. The third-order valence-electron chi connectivity index (χ3n) is 2.45. The van der Waals surface area contributed by atoms with Gasteiger partial charge in [0.25, 0.3) is 0 Å². The molecule has 0 fully saturated rings. The maximum Gasteiger partial charge on any atom is 0.149 e. The largest absolute Gasteiger partial charge is 0.364 e. The molecule has 0 bridgehead atoms. The van der Waals surface area contributed by atoms with E-state index in [1.165, 1.54) is 11.3 Å². The van der Waals surface area contributed by atoms with E-state index in [0.717, 1.165) is 17.4 Å². The summed E-state index contributed by atoms with van der Waals surface area (Å²) < 4.78 is 1.08. The van der Waals surface area contributed by atoms with E-state index < -0.39 is 0 Å². The number of anilines is 1. The maximum atomic E-state index is 11.0. The normalized spacial score (nSPS) is 14.3. The lowest BCUT2D eigenvalue weighted by atomic mass is 10.2. The standard InChI is InChI=1S/C11H12BrNO/c1-8(14)7-13-5-4-9-2-3-10(12)6-11(9)13/h2-3,6H,4-5,7H2,1H3. The molecule has 1 aliphatic heterocycles. The molecule has 0 spiro atoms. The van der Waals surface area contributed by atoms with Gasteiger partial charge >= 0.3 is 0 Å². The summed E-state index contributed by atoms with van der Waals surface area (Å²) in [6, 6.07) is 6.26. The number of carbonyl (C=O) groups is 1. The molecule has 3 heteroatoms. The minimum absolute atomic E-state index is 0.220. The first-order chi connectivity index (χ1) is 6.66. The van der Waals surface area contributed by atoms with Gasteiger partial charge in [-0.15, -0.1) is 0 Å². The van der Waals surface area contributed by atoms with Crippen molar-refractivity contribution < 1.29 is 4.79 Å². The van der Waals surface area contributed by atoms with Crippen molar-refractivity contribution in [2.45, 2.75) is 13.3 Å². The van der Waals surface area contributed by atoms with Crippen LogP contribution in [0.15, 0.2) is 22.7 Å². The SMILES string of the molecule is CC(=O)CN1CCc2ccc(Br)cc21. The minimum atomic E-state index is 0.220. The smallest absolute Gasteiger partial charge is 0.149 e. The van der Waals surface area contributed by atoms with Crippen LogP contribution in [0.25, 0.3) is 0 Å². The van der Waals surface area contributed by atoms with Crippen LogP contribution in [0.2, 0.25) is 0 Å². The molecule has 14 heavy (non-hydrogen) atoms. The zero-order valence-corrected chi connectivity index (χ0v) is 9.67. The third-order valence-corrected chi connectivity index (χ3v) is 2.95. The fraction of sp³-hybridized carbons (Fsp3) is 0.364. The van der Waals surface area contributed by atoms with Gasteiger partial charge in [-0.25, -0.2) is 0 Å². The molecule has 0 saturated carbocycles. The van der Waals surface area contributed by atoms with Crippen LogP contribution in [0.5, 0.6) is 0 Å². The Hall–Kier alpha value is -0.830. The van der Waals surface area contributed by atoms with E-state index in [1.54, 1.807) is 6.92 Å². The molecular weight excluding hydrogens is 242 g/mol. The van der Waals surface area contributed by atoms with Gasteiger partial charge in [-0.2, -0.15) is 0 Å². The Balaban J connectivity index is 2.28. The van der Waals surface area contributed by atoms with E-state index in [1.807, 2.05) is 0 Å². The first-order valence-corrected chi connectivity index (χ1v) is 5.49. The van der Waals surface area contributed by atoms with Gasteiger partial charge in [-0.05, 0) is 31.0 Å². The molecule has 2 nitrogen and oxygen atoms in total. The predicted octanol–water partition coefficient (Wildman–Crippen LogP) is 2.40. The molecule has 0 N–H and O–H groups in total. The van der Waals surface area contributed by atoms with Crippen molar-refractivity contribution in [3.05, 3.63) is 28.2 Å². The molecule has 0 aromatic heterocycles. The number of rotatable bonds is 2. The number of ketones is 1. The van der Waals surface area contributed by atoms with Crippen molar-refractivity contribution in [3.63, 3.8) is 0 Å². The summed E-state index contributed by atoms with van der Waals surface area (Å²) in [6.07, 6.45) is 1.05. The van der Waals surface area contributed by atoms with Crippen LogP contribution in [0.1, 0.15) is 12.5 Å². The van der Waals surface area contributed by atoms with Gasteiger partial charge in [-0.3, -0.25) is 4.79 Å². The molecule has 2 rings (SSSR count). The van der Waals surface area contributed by atoms with Gasteiger partial charge < -0.3 is 4.90 Å². The van der Waals surface area contributed by atoms with Gasteiger partial charge in [0.15, 0.2) is 0 Å². The molecule has 1 aromatic rings. The molecule has 1 aromatic carbocycles. The van der Waals surface area contributed by atoms with E-state index >= 15 is 0 Å². The average Bonchev–Trinajstić information content (AvgIpc) is 2.47. The third kappa shape index (κ3) is 1.82. The van der Waals surface area contributed by atoms with E-state index in [0.29, 0.717) is 6.54 Å². The summed E-state index contributed by atoms with van der Waals surface area (Å²) in [5.41, 5.74) is 2.55. The number of fused-ring (bicyclic) bond motifs is 1. The Kier molecular flexibility index (Phi) is 2.59. The monoisotopic (exact) mass is 253 g/mol. The summed E-state index contributed by atoms with van der Waals surface area (Å²) in [4.78, 5) is 13.2. The number of halogens is 1. The molecule has 0 radical (unpaired) electrons. The predicted molar refractivity (Wildman–Crippen MR) is 60.7 cm³/mol. The molecule has 0 unspecified atom stereocenters. The second-order valence-electron chi connectivity index (χ2n) is 3.65. The Morgan fingerprint density at radius 1 is 1.57 bits per heavy atom. The van der Waals surface area contributed by atoms with Crippen LogP contribution in [0.4, 0.5) is 5.69 Å². The molecule has 0 amide bonds. The minimum Gasteiger partial charge on any atom is -0.364 e. The number of benzene rings is 1. The highest BCUT2D eigenvalue weighted by molar-refractivity contribution is 9.10. The van der Waals surface area contributed by atoms with Gasteiger partial charge in [-0.1, -0.05) is 22.0 Å². The summed E-state index contributed by atoms with van der Waals surface area (Å²) in [5, 5.41) is 0. The highest BCUT2D eigenvalue weighted by Gasteiger charge is 2.19. The molecule has 1 aliphatic rings. The van der Waals surface area contributed by atoms with Crippen LogP contribution in [0.3, 0.4) is 0 Å². The summed E-state index contributed by atoms with van der Waals surface area (Å²) in [5.74, 6) is 0.220. The quantitative estimate of drug-likeness (QED) is 0.807. The number of hydrogen-bond acceptors (Lipinski definition) is 2. The number of carbonyl (C=O) groups excluding carboxylic acids is 1. The second-order valence-corrected chi connectivity index (χ2v) is 4.56. The Morgan fingerprint density at radius 3 is 3.07 bits per heavy atom. The molecular formula is C11H12BrNO. The maximum absolute atomic E-state index is 11.0. The lowest BCUT2D eigenvalue weighted by Gasteiger charge is -2.17. The number of nitrogens with zero attached hydrogens (tertiary/aromatic N) is 1. The van der Waals surface area contributed by atoms with Gasteiger partial charge in [0.2, 0.25) is 0 Å². The Bertz CT molecular complexity index is 376. The Labute approximate surface area is 92.0 Å². The summed E-state index contributed by atoms with van der Waals surface area (Å²) in [7, 11) is 0. The first-order valence-electron chi connectivity index (χ1n) is 4.69. The number of Topliss-reactive ketones (excluding diaryl/α,β-unsaturated/α-hetero) is 1. The van der Waals surface area contributed by atoms with Crippen LogP contribution in [-0.4, -0.2) is 18.9 Å². The van der Waals surface area contributed by atoms with Gasteiger partial charge in [0, 0.05) is 16.7 Å². The Morgan fingerprint density at radius 2 is 2.36 bits per heavy atom. The molecule has 0 aliphatic carbocycles. The average molecular weight is 254 g/mol. The van der Waals surface area contributed by atoms with Crippen LogP contribution in [0, 0.1) is 0 Å². The molecule has 0 atom stereocenters. The highest BCUT2D eigenvalue weighted by Crippen LogP contribution is 2.30. The van der Waals surface area contributed by atoms with Crippen molar-refractivity contribution >= 4 is 27.4 Å². The van der Waals surface area contributed by atoms with Crippen molar-refractivity contribution in [1.82, 2.24) is 0 Å². The van der Waals surface area contributed by atoms with E-state index in [-0.39, 0.29) is 5.78 Å². The fourth-order valence-electron chi connectivity index (χ4n) is 1.85. The van der Waals surface area contributed by atoms with Gasteiger partial charge in [0.05, 0.1) is 6.54 Å². The second kappa shape index (κ2) is 3.73. The van der Waals surface area contributed by atoms with Crippen molar-refractivity contribution in [2.75, 3.05) is 18.0 Å². The zero-order valence-electron chi connectivity index (χ0n) is 8.09. The topological polar surface area (TPSA) is 20.3 Å². The summed E-state index contributed by atoms with van der Waals surface area (Å²) in [6.45, 7) is 3.13. The first kappa shape index (κ1) is 9.71. The highest BCUT2D eigenvalue weighted by atomic mass is 79.9. The van der Waals surface area contributed by atoms with Crippen molar-refractivity contribution in [2.24, 2.45) is 0 Å². The fourth-order valence-corrected chi connectivity index (χ4v) is 2.20. The zero-order chi connectivity index (χ0) is 10.1. The van der Waals surface area contributed by atoms with E-state index in [4.69, 9.17) is 0 Å². The molecule has 0 saturated heterocycles. The summed E-state index contributed by atoms with van der Waals surface area (Å²) >= 11 is 3.45. The van der Waals surface area contributed by atoms with Crippen molar-refractivity contribution in [1.29, 1.82) is 0 Å². The lowest BCUT2D eigenvalue weighted by molar-refractivity contribution is -0.115. The molecule has 74 valence electrons. The van der Waals surface area contributed by atoms with Crippen LogP contribution < -0.4 is 4.90 Å². The number of hydrogen-bond donors (Lipinski definition) is 0. The van der Waals surface area contributed by atoms with E-state index in [9.17, 15) is 4.79 Å².